The standard InChI is InChI=1S/C68H48N2/c1-67(2)62-42-52(34-37-56(62)57-38-36-54(43-63(57)67)70-65-29-17-15-27-59(65)60-40-47-20-12-13-21-48(47)41-66(60)70)69(51-32-30-46(31-33-51)45-18-6-3-7-19-45)53-35-39-58-55-26-14-16-28-61(55)68(64(58)44-53,49-22-8-4-9-23-49)50-24-10-5-11-25-50/h3-44H,1-2H3. The molecule has 70 heavy (non-hydrogen) atoms. The van der Waals surface area contributed by atoms with Gasteiger partial charge in [0.05, 0.1) is 16.4 Å². The van der Waals surface area contributed by atoms with Gasteiger partial charge >= 0.3 is 0 Å². The predicted octanol–water partition coefficient (Wildman–Crippen LogP) is 17.7. The SMILES string of the molecule is CC1(C)c2cc(N(c3ccc(-c4ccccc4)cc3)c3ccc4c(c3)C(c3ccccc3)(c3ccccc3)c3ccccc3-4)ccc2-c2ccc(-n3c4ccccc4c4cc5ccccc5cc43)cc21. The summed E-state index contributed by atoms with van der Waals surface area (Å²) in [6.07, 6.45) is 0. The molecule has 14 rings (SSSR count). The van der Waals surface area contributed by atoms with E-state index in [1.807, 2.05) is 0 Å². The minimum Gasteiger partial charge on any atom is -0.310 e. The summed E-state index contributed by atoms with van der Waals surface area (Å²) in [6, 6.07) is 94.8. The van der Waals surface area contributed by atoms with Crippen molar-refractivity contribution in [1.29, 1.82) is 0 Å². The molecule has 0 amide bonds. The second kappa shape index (κ2) is 15.4. The Kier molecular flexibility index (Phi) is 8.88. The maximum atomic E-state index is 2.48. The fourth-order valence-electron chi connectivity index (χ4n) is 12.4. The van der Waals surface area contributed by atoms with Crippen LogP contribution >= 0.6 is 0 Å². The van der Waals surface area contributed by atoms with Gasteiger partial charge in [-0.25, -0.2) is 0 Å². The van der Waals surface area contributed by atoms with Gasteiger partial charge in [-0.3, -0.25) is 0 Å². The van der Waals surface area contributed by atoms with Crippen molar-refractivity contribution in [1.82, 2.24) is 4.57 Å². The molecule has 0 bridgehead atoms. The lowest BCUT2D eigenvalue weighted by molar-refractivity contribution is 0.660. The summed E-state index contributed by atoms with van der Waals surface area (Å²) in [5, 5.41) is 5.06. The Morgan fingerprint density at radius 3 is 1.53 bits per heavy atom. The summed E-state index contributed by atoms with van der Waals surface area (Å²) in [6.45, 7) is 4.81. The van der Waals surface area contributed by atoms with E-state index >= 15 is 0 Å². The van der Waals surface area contributed by atoms with E-state index < -0.39 is 5.41 Å². The quantitative estimate of drug-likeness (QED) is 0.155. The molecule has 1 aromatic heterocycles. The Morgan fingerprint density at radius 2 is 0.829 bits per heavy atom. The minimum absolute atomic E-state index is 0.277. The molecule has 0 aliphatic heterocycles. The first-order chi connectivity index (χ1) is 34.5. The molecule has 0 unspecified atom stereocenters. The molecule has 0 saturated carbocycles. The largest absolute Gasteiger partial charge is 0.310 e. The third kappa shape index (κ3) is 5.87. The van der Waals surface area contributed by atoms with Crippen molar-refractivity contribution in [2.75, 3.05) is 4.90 Å². The van der Waals surface area contributed by atoms with Crippen LogP contribution in [0.25, 0.3) is 71.6 Å². The van der Waals surface area contributed by atoms with Gasteiger partial charge in [-0.1, -0.05) is 202 Å². The maximum Gasteiger partial charge on any atom is 0.0714 e. The molecule has 1 heterocycles. The zero-order valence-corrected chi connectivity index (χ0v) is 39.1. The van der Waals surface area contributed by atoms with Crippen molar-refractivity contribution >= 4 is 49.6 Å². The fraction of sp³-hybridized carbons (Fsp3) is 0.0588. The molecule has 0 spiro atoms. The molecule has 2 heteroatoms. The predicted molar refractivity (Wildman–Crippen MR) is 293 cm³/mol. The van der Waals surface area contributed by atoms with E-state index in [-0.39, 0.29) is 5.41 Å². The third-order valence-electron chi connectivity index (χ3n) is 15.6. The summed E-state index contributed by atoms with van der Waals surface area (Å²) in [5.74, 6) is 0. The van der Waals surface area contributed by atoms with E-state index in [9.17, 15) is 0 Å². The first-order valence-electron chi connectivity index (χ1n) is 24.5. The second-order valence-electron chi connectivity index (χ2n) is 19.7. The molecule has 0 saturated heterocycles. The van der Waals surface area contributed by atoms with Crippen molar-refractivity contribution in [3.8, 4) is 39.1 Å². The Bertz CT molecular complexity index is 3970. The lowest BCUT2D eigenvalue weighted by Crippen LogP contribution is -2.28. The highest BCUT2D eigenvalue weighted by Crippen LogP contribution is 2.58. The van der Waals surface area contributed by atoms with E-state index in [1.165, 1.54) is 105 Å². The normalized spacial score (nSPS) is 13.8. The van der Waals surface area contributed by atoms with Gasteiger partial charge in [-0.05, 0) is 144 Å². The van der Waals surface area contributed by atoms with E-state index in [4.69, 9.17) is 0 Å². The zero-order chi connectivity index (χ0) is 46.6. The molecule has 0 fully saturated rings. The molecule has 11 aromatic carbocycles. The van der Waals surface area contributed by atoms with E-state index in [1.54, 1.807) is 0 Å². The van der Waals surface area contributed by atoms with E-state index in [0.29, 0.717) is 0 Å². The first-order valence-corrected chi connectivity index (χ1v) is 24.5. The number of anilines is 3. The Labute approximate surface area is 409 Å². The van der Waals surface area contributed by atoms with Crippen molar-refractivity contribution in [3.05, 3.63) is 288 Å². The van der Waals surface area contributed by atoms with Crippen LogP contribution in [0.15, 0.2) is 255 Å². The fourth-order valence-corrected chi connectivity index (χ4v) is 12.4. The van der Waals surface area contributed by atoms with Gasteiger partial charge < -0.3 is 9.47 Å². The van der Waals surface area contributed by atoms with E-state index in [0.717, 1.165) is 17.1 Å². The molecule has 0 N–H and O–H groups in total. The number of hydrogen-bond donors (Lipinski definition) is 0. The Balaban J connectivity index is 0.942. The highest BCUT2D eigenvalue weighted by atomic mass is 15.1. The number of hydrogen-bond acceptors (Lipinski definition) is 1. The van der Waals surface area contributed by atoms with Crippen molar-refractivity contribution in [3.63, 3.8) is 0 Å². The van der Waals surface area contributed by atoms with Crippen LogP contribution in [0.5, 0.6) is 0 Å². The first kappa shape index (κ1) is 40.4. The topological polar surface area (TPSA) is 8.17 Å². The number of aromatic nitrogens is 1. The zero-order valence-electron chi connectivity index (χ0n) is 39.1. The van der Waals surface area contributed by atoms with Crippen LogP contribution in [-0.4, -0.2) is 4.57 Å². The molecule has 12 aromatic rings. The van der Waals surface area contributed by atoms with Crippen molar-refractivity contribution in [2.45, 2.75) is 24.7 Å². The van der Waals surface area contributed by atoms with Gasteiger partial charge in [0.1, 0.15) is 0 Å². The molecular formula is C68H48N2. The average Bonchev–Trinajstić information content (AvgIpc) is 3.99. The lowest BCUT2D eigenvalue weighted by Gasteiger charge is -2.35. The summed E-state index contributed by atoms with van der Waals surface area (Å²) in [4.78, 5) is 2.48. The lowest BCUT2D eigenvalue weighted by atomic mass is 9.67. The van der Waals surface area contributed by atoms with Crippen LogP contribution in [0, 0.1) is 0 Å². The molecule has 2 aliphatic rings. The molecule has 2 aliphatic carbocycles. The van der Waals surface area contributed by atoms with E-state index in [2.05, 4.69) is 278 Å². The maximum absolute atomic E-state index is 2.48. The van der Waals surface area contributed by atoms with Crippen LogP contribution in [-0.2, 0) is 10.8 Å². The van der Waals surface area contributed by atoms with Gasteiger partial charge in [-0.2, -0.15) is 0 Å². The van der Waals surface area contributed by atoms with Crippen LogP contribution < -0.4 is 4.90 Å². The van der Waals surface area contributed by atoms with Gasteiger partial charge in [0.2, 0.25) is 0 Å². The van der Waals surface area contributed by atoms with Crippen LogP contribution in [0.1, 0.15) is 47.2 Å². The summed E-state index contributed by atoms with van der Waals surface area (Å²) >= 11 is 0. The summed E-state index contributed by atoms with van der Waals surface area (Å²) < 4.78 is 2.47. The highest BCUT2D eigenvalue weighted by Gasteiger charge is 2.46. The highest BCUT2D eigenvalue weighted by molar-refractivity contribution is 6.13. The molecule has 0 atom stereocenters. The number of benzene rings is 11. The molecule has 0 radical (unpaired) electrons. The number of para-hydroxylation sites is 1. The van der Waals surface area contributed by atoms with Gasteiger partial charge in [0, 0.05) is 38.9 Å². The minimum atomic E-state index is -0.518. The molecule has 2 nitrogen and oxygen atoms in total. The Morgan fingerprint density at radius 1 is 0.329 bits per heavy atom. The molecular weight excluding hydrogens is 845 g/mol. The monoisotopic (exact) mass is 892 g/mol. The van der Waals surface area contributed by atoms with Crippen LogP contribution in [0.2, 0.25) is 0 Å². The van der Waals surface area contributed by atoms with Crippen LogP contribution in [0.3, 0.4) is 0 Å². The van der Waals surface area contributed by atoms with Crippen LogP contribution in [0.4, 0.5) is 17.1 Å². The number of nitrogens with zero attached hydrogens (tertiary/aromatic N) is 2. The van der Waals surface area contributed by atoms with Gasteiger partial charge in [0.25, 0.3) is 0 Å². The summed E-state index contributed by atoms with van der Waals surface area (Å²) in [7, 11) is 0. The Hall–Kier alpha value is -8.72. The summed E-state index contributed by atoms with van der Waals surface area (Å²) in [5.41, 5.74) is 21.5. The molecule has 330 valence electrons. The van der Waals surface area contributed by atoms with Crippen molar-refractivity contribution in [2.24, 2.45) is 0 Å². The second-order valence-corrected chi connectivity index (χ2v) is 19.7. The smallest absolute Gasteiger partial charge is 0.0714 e. The van der Waals surface area contributed by atoms with Gasteiger partial charge in [-0.15, -0.1) is 0 Å². The third-order valence-corrected chi connectivity index (χ3v) is 15.6. The van der Waals surface area contributed by atoms with Crippen molar-refractivity contribution < 1.29 is 0 Å². The number of rotatable bonds is 7. The average molecular weight is 893 g/mol. The van der Waals surface area contributed by atoms with Gasteiger partial charge in [0.15, 0.2) is 0 Å². The number of fused-ring (bicyclic) bond motifs is 10.